The quantitative estimate of drug-likeness (QED) is 0.611. The standard InChI is InChI=1S/C15H21N7O2S/c1-3-4-8-12(18-14(16)24)13(23)17-10-6-5-7-11(9-10)22-15(25-2)19-20-21-22/h5-7,9,12H,3-4,8H2,1-2H3,(H,17,23)(H3,16,18,24). The number of hydrogen-bond acceptors (Lipinski definition) is 6. The first-order valence-electron chi connectivity index (χ1n) is 7.84. The number of unbranched alkanes of at least 4 members (excludes halogenated alkanes) is 1. The number of amides is 3. The van der Waals surface area contributed by atoms with Crippen LogP contribution in [0.3, 0.4) is 0 Å². The molecule has 134 valence electrons. The highest BCUT2D eigenvalue weighted by Crippen LogP contribution is 2.19. The molecule has 3 amide bonds. The average Bonchev–Trinajstić information content (AvgIpc) is 3.07. The van der Waals surface area contributed by atoms with Gasteiger partial charge in [-0.15, -0.1) is 5.10 Å². The second-order valence-corrected chi connectivity index (χ2v) is 6.09. The number of hydrogen-bond donors (Lipinski definition) is 3. The Balaban J connectivity index is 2.14. The zero-order valence-electron chi connectivity index (χ0n) is 14.1. The van der Waals surface area contributed by atoms with Gasteiger partial charge in [0.25, 0.3) is 0 Å². The lowest BCUT2D eigenvalue weighted by Crippen LogP contribution is -2.46. The van der Waals surface area contributed by atoms with Crippen LogP contribution in [0.2, 0.25) is 0 Å². The second-order valence-electron chi connectivity index (χ2n) is 5.32. The molecule has 1 heterocycles. The Bertz CT molecular complexity index is 734. The lowest BCUT2D eigenvalue weighted by atomic mass is 10.1. The minimum Gasteiger partial charge on any atom is -0.352 e. The molecular weight excluding hydrogens is 342 g/mol. The summed E-state index contributed by atoms with van der Waals surface area (Å²) in [5, 5.41) is 17.4. The number of thioether (sulfide) groups is 1. The first-order chi connectivity index (χ1) is 12.0. The van der Waals surface area contributed by atoms with E-state index in [1.54, 1.807) is 22.9 Å². The third kappa shape index (κ3) is 5.18. The minimum atomic E-state index is -0.719. The first-order valence-corrected chi connectivity index (χ1v) is 9.07. The van der Waals surface area contributed by atoms with E-state index in [2.05, 4.69) is 26.2 Å². The molecule has 0 bridgehead atoms. The summed E-state index contributed by atoms with van der Waals surface area (Å²) in [6, 6.07) is 5.75. The van der Waals surface area contributed by atoms with Crippen molar-refractivity contribution in [3.8, 4) is 5.69 Å². The number of aromatic nitrogens is 4. The Labute approximate surface area is 149 Å². The van der Waals surface area contributed by atoms with E-state index >= 15 is 0 Å². The van der Waals surface area contributed by atoms with E-state index in [0.29, 0.717) is 17.3 Å². The van der Waals surface area contributed by atoms with Crippen LogP contribution in [-0.4, -0.2) is 44.4 Å². The summed E-state index contributed by atoms with van der Waals surface area (Å²) < 4.78 is 1.58. The summed E-state index contributed by atoms with van der Waals surface area (Å²) in [6.45, 7) is 2.01. The van der Waals surface area contributed by atoms with Crippen LogP contribution < -0.4 is 16.4 Å². The van der Waals surface area contributed by atoms with Gasteiger partial charge in [-0.05, 0) is 41.3 Å². The maximum Gasteiger partial charge on any atom is 0.312 e. The van der Waals surface area contributed by atoms with E-state index in [1.165, 1.54) is 11.8 Å². The van der Waals surface area contributed by atoms with Crippen molar-refractivity contribution in [3.63, 3.8) is 0 Å². The van der Waals surface area contributed by atoms with Gasteiger partial charge in [0.2, 0.25) is 11.1 Å². The van der Waals surface area contributed by atoms with Gasteiger partial charge in [-0.1, -0.05) is 37.6 Å². The van der Waals surface area contributed by atoms with Crippen molar-refractivity contribution in [1.82, 2.24) is 25.5 Å². The molecule has 0 aliphatic heterocycles. The lowest BCUT2D eigenvalue weighted by Gasteiger charge is -2.17. The highest BCUT2D eigenvalue weighted by Gasteiger charge is 2.19. The minimum absolute atomic E-state index is 0.314. The van der Waals surface area contributed by atoms with Crippen LogP contribution in [0.15, 0.2) is 29.4 Å². The molecular formula is C15H21N7O2S. The molecule has 0 aliphatic carbocycles. The number of rotatable bonds is 8. The maximum atomic E-state index is 12.4. The molecule has 1 aromatic carbocycles. The summed E-state index contributed by atoms with van der Waals surface area (Å²) in [5.74, 6) is -0.314. The van der Waals surface area contributed by atoms with Gasteiger partial charge >= 0.3 is 6.03 Å². The van der Waals surface area contributed by atoms with Crippen molar-refractivity contribution in [1.29, 1.82) is 0 Å². The van der Waals surface area contributed by atoms with Gasteiger partial charge in [-0.3, -0.25) is 4.79 Å². The van der Waals surface area contributed by atoms with E-state index < -0.39 is 12.1 Å². The number of anilines is 1. The van der Waals surface area contributed by atoms with Crippen molar-refractivity contribution in [2.45, 2.75) is 37.4 Å². The smallest absolute Gasteiger partial charge is 0.312 e. The number of carbonyl (C=O) groups is 2. The maximum absolute atomic E-state index is 12.4. The lowest BCUT2D eigenvalue weighted by molar-refractivity contribution is -0.118. The highest BCUT2D eigenvalue weighted by atomic mass is 32.2. The van der Waals surface area contributed by atoms with Gasteiger partial charge in [0.1, 0.15) is 6.04 Å². The molecule has 2 aromatic rings. The van der Waals surface area contributed by atoms with Gasteiger partial charge in [0.05, 0.1) is 5.69 Å². The van der Waals surface area contributed by atoms with Crippen LogP contribution in [0.1, 0.15) is 26.2 Å². The number of benzene rings is 1. The molecule has 0 radical (unpaired) electrons. The Morgan fingerprint density at radius 1 is 1.40 bits per heavy atom. The van der Waals surface area contributed by atoms with Gasteiger partial charge in [0.15, 0.2) is 0 Å². The van der Waals surface area contributed by atoms with Crippen molar-refractivity contribution < 1.29 is 9.59 Å². The number of tetrazole rings is 1. The Hall–Kier alpha value is -2.62. The topological polar surface area (TPSA) is 128 Å². The first kappa shape index (κ1) is 18.7. The third-order valence-electron chi connectivity index (χ3n) is 3.46. The second kappa shape index (κ2) is 9.02. The monoisotopic (exact) mass is 363 g/mol. The molecule has 0 saturated heterocycles. The summed E-state index contributed by atoms with van der Waals surface area (Å²) in [4.78, 5) is 23.6. The molecule has 4 N–H and O–H groups in total. The van der Waals surface area contributed by atoms with E-state index in [9.17, 15) is 9.59 Å². The number of carbonyl (C=O) groups excluding carboxylic acids is 2. The van der Waals surface area contributed by atoms with Crippen molar-refractivity contribution in [2.24, 2.45) is 5.73 Å². The van der Waals surface area contributed by atoms with Gasteiger partial charge in [-0.25, -0.2) is 4.79 Å². The van der Waals surface area contributed by atoms with Gasteiger partial charge < -0.3 is 16.4 Å². The van der Waals surface area contributed by atoms with E-state index in [-0.39, 0.29) is 5.91 Å². The number of urea groups is 1. The van der Waals surface area contributed by atoms with Crippen LogP contribution in [0.4, 0.5) is 10.5 Å². The fraction of sp³-hybridized carbons (Fsp3) is 0.400. The number of nitrogens with zero attached hydrogens (tertiary/aromatic N) is 4. The van der Waals surface area contributed by atoms with Crippen molar-refractivity contribution in [3.05, 3.63) is 24.3 Å². The largest absolute Gasteiger partial charge is 0.352 e. The van der Waals surface area contributed by atoms with Gasteiger partial charge in [-0.2, -0.15) is 4.68 Å². The van der Waals surface area contributed by atoms with E-state index in [0.717, 1.165) is 18.5 Å². The molecule has 0 aliphatic rings. The molecule has 1 atom stereocenters. The molecule has 9 nitrogen and oxygen atoms in total. The van der Waals surface area contributed by atoms with Crippen LogP contribution in [0.25, 0.3) is 5.69 Å². The molecule has 0 fully saturated rings. The Morgan fingerprint density at radius 2 is 2.20 bits per heavy atom. The summed E-state index contributed by atoms with van der Waals surface area (Å²) in [6.07, 6.45) is 4.12. The summed E-state index contributed by atoms with van der Waals surface area (Å²) >= 11 is 1.42. The Kier molecular flexibility index (Phi) is 6.75. The normalized spacial score (nSPS) is 11.8. The van der Waals surface area contributed by atoms with Crippen molar-refractivity contribution in [2.75, 3.05) is 11.6 Å². The zero-order chi connectivity index (χ0) is 18.2. The van der Waals surface area contributed by atoms with Crippen LogP contribution >= 0.6 is 11.8 Å². The zero-order valence-corrected chi connectivity index (χ0v) is 14.9. The summed E-state index contributed by atoms with van der Waals surface area (Å²) in [5.41, 5.74) is 6.46. The van der Waals surface area contributed by atoms with E-state index in [1.807, 2.05) is 19.2 Å². The van der Waals surface area contributed by atoms with Gasteiger partial charge in [0, 0.05) is 5.69 Å². The molecule has 1 aromatic heterocycles. The molecule has 1 unspecified atom stereocenters. The van der Waals surface area contributed by atoms with Crippen molar-refractivity contribution >= 4 is 29.4 Å². The predicted molar refractivity (Wildman–Crippen MR) is 95.6 cm³/mol. The SMILES string of the molecule is CCCCC(NC(N)=O)C(=O)Nc1cccc(-n2nnnc2SC)c1. The fourth-order valence-corrected chi connectivity index (χ4v) is 2.69. The number of nitrogens with two attached hydrogens (primary N) is 1. The third-order valence-corrected chi connectivity index (χ3v) is 4.08. The molecule has 25 heavy (non-hydrogen) atoms. The number of primary amides is 1. The average molecular weight is 363 g/mol. The van der Waals surface area contributed by atoms with Crippen LogP contribution in [0.5, 0.6) is 0 Å². The van der Waals surface area contributed by atoms with Crippen LogP contribution in [-0.2, 0) is 4.79 Å². The molecule has 10 heteroatoms. The predicted octanol–water partition coefficient (Wildman–Crippen LogP) is 1.55. The summed E-state index contributed by atoms with van der Waals surface area (Å²) in [7, 11) is 0. The fourth-order valence-electron chi connectivity index (χ4n) is 2.26. The van der Waals surface area contributed by atoms with Crippen LogP contribution in [0, 0.1) is 0 Å². The van der Waals surface area contributed by atoms with E-state index in [4.69, 9.17) is 5.73 Å². The number of nitrogens with one attached hydrogen (secondary N) is 2. The molecule has 0 saturated carbocycles. The Morgan fingerprint density at radius 3 is 2.88 bits per heavy atom. The highest BCUT2D eigenvalue weighted by molar-refractivity contribution is 7.98. The molecule has 0 spiro atoms. The molecule has 2 rings (SSSR count).